The van der Waals surface area contributed by atoms with Crippen LogP contribution in [0.2, 0.25) is 5.15 Å². The minimum absolute atomic E-state index is 0.0903. The predicted octanol–water partition coefficient (Wildman–Crippen LogP) is 3.83. The number of aromatic nitrogens is 5. The summed E-state index contributed by atoms with van der Waals surface area (Å²) in [4.78, 5) is 34.2. The van der Waals surface area contributed by atoms with Crippen molar-refractivity contribution in [1.82, 2.24) is 29.6 Å². The number of hydrogen-bond acceptors (Lipinski definition) is 7. The van der Waals surface area contributed by atoms with Crippen LogP contribution in [0.4, 0.5) is 5.69 Å². The number of nitrogens with zero attached hydrogens (tertiary/aromatic N) is 5. The molecule has 0 fully saturated rings. The molecular formula is C28H28ClN7O3. The van der Waals surface area contributed by atoms with E-state index in [9.17, 15) is 14.7 Å². The number of aliphatic hydroxyl groups excluding tert-OH is 1. The summed E-state index contributed by atoms with van der Waals surface area (Å²) in [7, 11) is 3.27. The molecule has 39 heavy (non-hydrogen) atoms. The minimum atomic E-state index is -0.279. The fourth-order valence-electron chi connectivity index (χ4n) is 4.95. The summed E-state index contributed by atoms with van der Waals surface area (Å²) in [6.45, 7) is 4.17. The summed E-state index contributed by atoms with van der Waals surface area (Å²) in [6, 6.07) is 10.7. The smallest absolute Gasteiger partial charge is 0.269 e. The largest absolute Gasteiger partial charge is 0.394 e. The minimum Gasteiger partial charge on any atom is -0.394 e. The normalized spacial score (nSPS) is 12.2. The molecule has 4 heterocycles. The summed E-state index contributed by atoms with van der Waals surface area (Å²) in [6.07, 6.45) is 3.33. The molecule has 10 nitrogen and oxygen atoms in total. The van der Waals surface area contributed by atoms with E-state index < -0.39 is 0 Å². The second kappa shape index (κ2) is 10.5. The van der Waals surface area contributed by atoms with E-state index in [2.05, 4.69) is 31.8 Å². The number of aliphatic hydroxyl groups is 1. The third-order valence-corrected chi connectivity index (χ3v) is 6.97. The Hall–Kier alpha value is -4.28. The second-order valence-electron chi connectivity index (χ2n) is 9.38. The molecule has 0 radical (unpaired) electrons. The quantitative estimate of drug-likeness (QED) is 0.265. The van der Waals surface area contributed by atoms with Gasteiger partial charge in [-0.1, -0.05) is 17.7 Å². The number of benzene rings is 1. The molecule has 200 valence electrons. The van der Waals surface area contributed by atoms with Gasteiger partial charge in [-0.15, -0.1) is 0 Å². The van der Waals surface area contributed by atoms with Gasteiger partial charge in [0.1, 0.15) is 16.5 Å². The lowest BCUT2D eigenvalue weighted by atomic mass is 9.95. The monoisotopic (exact) mass is 545 g/mol. The molecule has 0 aliphatic rings. The molecule has 1 unspecified atom stereocenters. The zero-order valence-electron chi connectivity index (χ0n) is 22.0. The first-order valence-electron chi connectivity index (χ1n) is 12.4. The first kappa shape index (κ1) is 26.3. The van der Waals surface area contributed by atoms with Crippen LogP contribution < -0.4 is 16.2 Å². The molecule has 0 aliphatic carbocycles. The topological polar surface area (TPSA) is 127 Å². The number of halogens is 1. The van der Waals surface area contributed by atoms with Crippen molar-refractivity contribution in [3.63, 3.8) is 0 Å². The van der Waals surface area contributed by atoms with Crippen molar-refractivity contribution in [2.75, 3.05) is 19.0 Å². The number of rotatable bonds is 7. The van der Waals surface area contributed by atoms with Crippen molar-refractivity contribution < 1.29 is 9.90 Å². The summed E-state index contributed by atoms with van der Waals surface area (Å²) in [5.41, 5.74) is 4.67. The van der Waals surface area contributed by atoms with E-state index in [1.54, 1.807) is 53.9 Å². The number of pyridine rings is 3. The van der Waals surface area contributed by atoms with Crippen LogP contribution in [0.15, 0.2) is 53.6 Å². The molecule has 0 aliphatic heterocycles. The number of amides is 1. The maximum atomic E-state index is 13.4. The van der Waals surface area contributed by atoms with E-state index in [-0.39, 0.29) is 30.7 Å². The van der Waals surface area contributed by atoms with Gasteiger partial charge in [0, 0.05) is 48.1 Å². The first-order valence-corrected chi connectivity index (χ1v) is 12.8. The van der Waals surface area contributed by atoms with Gasteiger partial charge in [0.25, 0.3) is 11.5 Å². The Morgan fingerprint density at radius 2 is 1.95 bits per heavy atom. The fraction of sp³-hybridized carbons (Fsp3) is 0.250. The Balaban J connectivity index is 1.63. The van der Waals surface area contributed by atoms with Gasteiger partial charge in [0.05, 0.1) is 30.7 Å². The van der Waals surface area contributed by atoms with Gasteiger partial charge in [0.2, 0.25) is 0 Å². The van der Waals surface area contributed by atoms with E-state index in [0.29, 0.717) is 38.8 Å². The van der Waals surface area contributed by atoms with Crippen molar-refractivity contribution in [2.24, 2.45) is 7.05 Å². The number of nitrogens with one attached hydrogen (secondary N) is 2. The molecule has 0 saturated heterocycles. The lowest BCUT2D eigenvalue weighted by molar-refractivity contribution is 0.0958. The molecule has 4 aromatic heterocycles. The molecule has 11 heteroatoms. The maximum Gasteiger partial charge on any atom is 0.269 e. The number of carbonyl (C=O) groups is 1. The molecule has 3 N–H and O–H groups in total. The van der Waals surface area contributed by atoms with Crippen molar-refractivity contribution in [2.45, 2.75) is 26.4 Å². The summed E-state index contributed by atoms with van der Waals surface area (Å²) < 4.78 is 3.23. The Bertz CT molecular complexity index is 1780. The van der Waals surface area contributed by atoms with E-state index in [1.165, 1.54) is 0 Å². The Kier molecular flexibility index (Phi) is 7.07. The van der Waals surface area contributed by atoms with Crippen molar-refractivity contribution in [1.29, 1.82) is 0 Å². The lowest BCUT2D eigenvalue weighted by Crippen LogP contribution is -2.21. The number of anilines is 1. The van der Waals surface area contributed by atoms with Gasteiger partial charge in [-0.3, -0.25) is 19.1 Å². The van der Waals surface area contributed by atoms with Crippen molar-refractivity contribution in [3.8, 4) is 11.3 Å². The number of hydrogen-bond donors (Lipinski definition) is 3. The Morgan fingerprint density at radius 3 is 2.64 bits per heavy atom. The molecule has 5 aromatic rings. The third kappa shape index (κ3) is 4.73. The van der Waals surface area contributed by atoms with Crippen LogP contribution in [0.5, 0.6) is 0 Å². The van der Waals surface area contributed by atoms with E-state index in [4.69, 9.17) is 11.6 Å². The summed E-state index contributed by atoms with van der Waals surface area (Å²) in [5.74, 6) is -0.279. The van der Waals surface area contributed by atoms with Crippen molar-refractivity contribution >= 4 is 45.0 Å². The van der Waals surface area contributed by atoms with Crippen LogP contribution in [-0.4, -0.2) is 49.0 Å². The highest BCUT2D eigenvalue weighted by molar-refractivity contribution is 6.29. The van der Waals surface area contributed by atoms with Crippen molar-refractivity contribution in [3.05, 3.63) is 81.1 Å². The van der Waals surface area contributed by atoms with Crippen LogP contribution in [-0.2, 0) is 13.6 Å². The van der Waals surface area contributed by atoms with Gasteiger partial charge in [-0.25, -0.2) is 9.67 Å². The van der Waals surface area contributed by atoms with E-state index in [1.807, 2.05) is 26.0 Å². The summed E-state index contributed by atoms with van der Waals surface area (Å²) >= 11 is 6.26. The molecule has 1 amide bonds. The van der Waals surface area contributed by atoms with Crippen LogP contribution >= 0.6 is 11.6 Å². The molecule has 5 rings (SSSR count). The fourth-order valence-corrected chi connectivity index (χ4v) is 5.10. The van der Waals surface area contributed by atoms with Gasteiger partial charge in [-0.2, -0.15) is 5.10 Å². The maximum absolute atomic E-state index is 13.4. The van der Waals surface area contributed by atoms with Gasteiger partial charge >= 0.3 is 0 Å². The Morgan fingerprint density at radius 1 is 1.15 bits per heavy atom. The lowest BCUT2D eigenvalue weighted by Gasteiger charge is -2.21. The number of aryl methyl sites for hydroxylation is 2. The third-order valence-electron chi connectivity index (χ3n) is 6.76. The Labute approximate surface area is 229 Å². The molecular weight excluding hydrogens is 518 g/mol. The molecule has 0 bridgehead atoms. The van der Waals surface area contributed by atoms with Crippen LogP contribution in [0.25, 0.3) is 33.1 Å². The zero-order valence-corrected chi connectivity index (χ0v) is 22.7. The molecule has 1 aromatic carbocycles. The second-order valence-corrected chi connectivity index (χ2v) is 9.76. The molecule has 0 saturated carbocycles. The standard InChI is InChI=1S/C28H28ClN7O3/c1-15-11-18(24-19(12-15)28(39)35(4)27-20(24)14-32-36(27)9-10-37)16(2)33-21-7-8-23(29)34-25(21)17-5-6-22(31-13-17)26(38)30-3/h5-8,11-14,16,33,37H,9-10H2,1-4H3,(H,30,38). The molecule has 1 atom stereocenters. The van der Waals surface area contributed by atoms with Gasteiger partial charge < -0.3 is 15.7 Å². The average Bonchev–Trinajstić information content (AvgIpc) is 3.35. The van der Waals surface area contributed by atoms with Crippen LogP contribution in [0.1, 0.15) is 34.6 Å². The zero-order chi connectivity index (χ0) is 27.8. The summed E-state index contributed by atoms with van der Waals surface area (Å²) in [5, 5.41) is 22.6. The highest BCUT2D eigenvalue weighted by Gasteiger charge is 2.21. The predicted molar refractivity (Wildman–Crippen MR) is 152 cm³/mol. The SMILES string of the molecule is CNC(=O)c1ccc(-c2nc(Cl)ccc2NC(C)c2cc(C)cc3c(=O)n(C)c4c(cnn4CCO)c23)cn1. The molecule has 0 spiro atoms. The highest BCUT2D eigenvalue weighted by Crippen LogP contribution is 2.35. The van der Waals surface area contributed by atoms with Gasteiger partial charge in [-0.05, 0) is 55.3 Å². The number of carbonyl (C=O) groups excluding carboxylic acids is 1. The van der Waals surface area contributed by atoms with Crippen LogP contribution in [0.3, 0.4) is 0 Å². The first-order chi connectivity index (χ1) is 18.7. The highest BCUT2D eigenvalue weighted by atomic mass is 35.5. The van der Waals surface area contributed by atoms with E-state index in [0.717, 1.165) is 21.9 Å². The van der Waals surface area contributed by atoms with E-state index >= 15 is 0 Å². The van der Waals surface area contributed by atoms with Crippen LogP contribution in [0, 0.1) is 6.92 Å². The average molecular weight is 546 g/mol. The van der Waals surface area contributed by atoms with Gasteiger partial charge in [0.15, 0.2) is 0 Å². The number of fused-ring (bicyclic) bond motifs is 3.